The normalized spacial score (nSPS) is 12.6. The van der Waals surface area contributed by atoms with Crippen molar-refractivity contribution in [2.45, 2.75) is 18.4 Å². The van der Waals surface area contributed by atoms with Crippen LogP contribution in [-0.4, -0.2) is 49.0 Å². The van der Waals surface area contributed by atoms with E-state index in [-0.39, 0.29) is 15.4 Å². The molecule has 0 unspecified atom stereocenters. The van der Waals surface area contributed by atoms with Gasteiger partial charge in [-0.1, -0.05) is 6.04 Å². The molecule has 0 atom stereocenters. The second kappa shape index (κ2) is 9.85. The van der Waals surface area contributed by atoms with Gasteiger partial charge in [0.25, 0.3) is 0 Å². The van der Waals surface area contributed by atoms with Gasteiger partial charge in [-0.3, -0.25) is 4.99 Å². The molecule has 78 valence electrons. The van der Waals surface area contributed by atoms with Gasteiger partial charge in [0.2, 0.25) is 0 Å². The van der Waals surface area contributed by atoms with Crippen LogP contribution in [0.15, 0.2) is 4.99 Å². The Morgan fingerprint density at radius 1 is 1.46 bits per heavy atom. The molecule has 0 aromatic rings. The summed E-state index contributed by atoms with van der Waals surface area (Å²) in [6, 6.07) is 1.17. The number of methoxy groups -OCH3 is 2. The van der Waals surface area contributed by atoms with E-state index in [1.165, 1.54) is 6.04 Å². The van der Waals surface area contributed by atoms with Crippen LogP contribution >= 0.6 is 0 Å². The molecule has 13 heavy (non-hydrogen) atoms. The first-order valence-electron chi connectivity index (χ1n) is 4.59. The molecule has 0 aromatic carbocycles. The van der Waals surface area contributed by atoms with Gasteiger partial charge in [-0.2, -0.15) is 0 Å². The molecule has 0 amide bonds. The van der Waals surface area contributed by atoms with E-state index in [4.69, 9.17) is 15.2 Å². The van der Waals surface area contributed by atoms with Crippen molar-refractivity contribution >= 4 is 15.7 Å². The molecular weight excluding hydrogens is 184 g/mol. The van der Waals surface area contributed by atoms with Crippen LogP contribution in [0.2, 0.25) is 6.04 Å². The summed E-state index contributed by atoms with van der Waals surface area (Å²) < 4.78 is 10.2. The molecule has 0 bridgehead atoms. The topological polar surface area (TPSA) is 56.8 Å². The second-order valence-electron chi connectivity index (χ2n) is 2.71. The molecule has 5 heteroatoms. The Morgan fingerprint density at radius 2 is 2.15 bits per heavy atom. The molecule has 0 spiro atoms. The summed E-state index contributed by atoms with van der Waals surface area (Å²) in [5.41, 5.74) is 5.29. The number of rotatable bonds is 8. The van der Waals surface area contributed by atoms with Gasteiger partial charge in [-0.15, -0.1) is 0 Å². The Bertz CT molecular complexity index is 129. The molecule has 0 saturated carbocycles. The summed E-state index contributed by atoms with van der Waals surface area (Å²) in [5, 5.41) is 0. The number of aliphatic imine (C=N–C) groups is 1. The maximum absolute atomic E-state index is 5.29. The minimum atomic E-state index is -0.276. The minimum absolute atomic E-state index is 0.0582. The third-order valence-electron chi connectivity index (χ3n) is 1.69. The Balaban J connectivity index is 3.23. The van der Waals surface area contributed by atoms with Crippen LogP contribution in [0.4, 0.5) is 0 Å². The number of hydrogen-bond acceptors (Lipinski definition) is 4. The van der Waals surface area contributed by atoms with Gasteiger partial charge in [0.05, 0.1) is 16.1 Å². The van der Waals surface area contributed by atoms with Crippen LogP contribution in [-0.2, 0) is 9.47 Å². The van der Waals surface area contributed by atoms with Crippen LogP contribution in [0.5, 0.6) is 0 Å². The third kappa shape index (κ3) is 8.11. The zero-order valence-corrected chi connectivity index (χ0v) is 9.95. The molecule has 0 heterocycles. The highest BCUT2D eigenvalue weighted by molar-refractivity contribution is 6.36. The minimum Gasteiger partial charge on any atom is -0.360 e. The number of hydrogen-bond donors (Lipinski definition) is 1. The maximum atomic E-state index is 5.29. The van der Waals surface area contributed by atoms with Gasteiger partial charge >= 0.3 is 0 Å². The van der Waals surface area contributed by atoms with Crippen molar-refractivity contribution in [3.05, 3.63) is 0 Å². The van der Waals surface area contributed by atoms with Gasteiger partial charge in [-0.05, 0) is 12.6 Å². The quantitative estimate of drug-likeness (QED) is 0.253. The lowest BCUT2D eigenvalue weighted by Gasteiger charge is -2.11. The second-order valence-corrected chi connectivity index (χ2v) is 4.66. The fourth-order valence-corrected chi connectivity index (χ4v) is 2.19. The molecule has 0 fully saturated rings. The summed E-state index contributed by atoms with van der Waals surface area (Å²) >= 11 is 0. The van der Waals surface area contributed by atoms with E-state index in [9.17, 15) is 0 Å². The zero-order chi connectivity index (χ0) is 9.94. The summed E-state index contributed by atoms with van der Waals surface area (Å²) in [4.78, 5) is 4.13. The molecule has 0 radical (unpaired) electrons. The van der Waals surface area contributed by atoms with Crippen LogP contribution in [0.25, 0.3) is 0 Å². The van der Waals surface area contributed by atoms with E-state index >= 15 is 0 Å². The van der Waals surface area contributed by atoms with Crippen molar-refractivity contribution in [3.63, 3.8) is 0 Å². The Kier molecular flexibility index (Phi) is 9.68. The lowest BCUT2D eigenvalue weighted by molar-refractivity contribution is -0.0440. The lowest BCUT2D eigenvalue weighted by atomic mass is 10.5. The lowest BCUT2D eigenvalue weighted by Crippen LogP contribution is -2.20. The fourth-order valence-electron chi connectivity index (χ4n) is 0.965. The van der Waals surface area contributed by atoms with Crippen LogP contribution in [0.3, 0.4) is 0 Å². The molecule has 0 aromatic heterocycles. The average molecular weight is 204 g/mol. The molecule has 2 N–H and O–H groups in total. The number of nitrogens with zero attached hydrogens (tertiary/aromatic N) is 1. The summed E-state index contributed by atoms with van der Waals surface area (Å²) in [6.45, 7) is 1.37. The standard InChI is InChI=1S/C8H20N2O2Si/c1-11-8(12-2)13-7-3-5-10-6-4-9/h5,8H,3-4,6-7,9,13H2,1-2H3. The van der Waals surface area contributed by atoms with Gasteiger partial charge in [-0.25, -0.2) is 0 Å². The zero-order valence-electron chi connectivity index (χ0n) is 8.53. The Hall–Kier alpha value is -0.233. The molecule has 0 aliphatic carbocycles. The highest BCUT2D eigenvalue weighted by Crippen LogP contribution is 1.94. The molecular formula is C8H20N2O2Si. The van der Waals surface area contributed by atoms with Gasteiger partial charge in [0.15, 0.2) is 0 Å². The Morgan fingerprint density at radius 3 is 2.69 bits per heavy atom. The van der Waals surface area contributed by atoms with Crippen molar-refractivity contribution < 1.29 is 9.47 Å². The molecule has 4 nitrogen and oxygen atoms in total. The van der Waals surface area contributed by atoms with Gasteiger partial charge < -0.3 is 15.2 Å². The summed E-state index contributed by atoms with van der Waals surface area (Å²) in [7, 11) is 3.09. The Labute approximate surface area is 82.3 Å². The monoisotopic (exact) mass is 204 g/mol. The molecule has 0 aliphatic rings. The predicted molar refractivity (Wildman–Crippen MR) is 58.2 cm³/mol. The first-order valence-corrected chi connectivity index (χ1v) is 6.40. The van der Waals surface area contributed by atoms with E-state index in [0.29, 0.717) is 6.54 Å². The largest absolute Gasteiger partial charge is 0.360 e. The van der Waals surface area contributed by atoms with E-state index < -0.39 is 0 Å². The van der Waals surface area contributed by atoms with Gasteiger partial charge in [0.1, 0.15) is 5.91 Å². The smallest absolute Gasteiger partial charge is 0.134 e. The number of nitrogens with two attached hydrogens (primary N) is 1. The third-order valence-corrected chi connectivity index (χ3v) is 3.64. The first-order chi connectivity index (χ1) is 6.35. The van der Waals surface area contributed by atoms with Crippen molar-refractivity contribution in [2.24, 2.45) is 10.7 Å². The highest BCUT2D eigenvalue weighted by Gasteiger charge is 2.03. The van der Waals surface area contributed by atoms with Crippen molar-refractivity contribution in [2.75, 3.05) is 27.3 Å². The molecule has 0 rings (SSSR count). The van der Waals surface area contributed by atoms with E-state index in [0.717, 1.165) is 13.0 Å². The van der Waals surface area contributed by atoms with Crippen molar-refractivity contribution in [1.82, 2.24) is 0 Å². The van der Waals surface area contributed by atoms with E-state index in [2.05, 4.69) is 4.99 Å². The van der Waals surface area contributed by atoms with Crippen molar-refractivity contribution in [3.8, 4) is 0 Å². The van der Waals surface area contributed by atoms with Gasteiger partial charge in [0, 0.05) is 20.8 Å². The van der Waals surface area contributed by atoms with E-state index in [1.807, 2.05) is 6.21 Å². The SMILES string of the molecule is COC(OC)[SiH2]CCC=NCCN. The predicted octanol–water partition coefficient (Wildman–Crippen LogP) is -0.430. The number of ether oxygens (including phenoxy) is 2. The fraction of sp³-hybridized carbons (Fsp3) is 0.875. The average Bonchev–Trinajstić information content (AvgIpc) is 2.17. The molecule has 0 saturated heterocycles. The van der Waals surface area contributed by atoms with Crippen molar-refractivity contribution in [1.29, 1.82) is 0 Å². The molecule has 0 aliphatic heterocycles. The van der Waals surface area contributed by atoms with Crippen LogP contribution in [0.1, 0.15) is 6.42 Å². The summed E-state index contributed by atoms with van der Waals surface area (Å²) in [5.74, 6) is 0.0582. The first kappa shape index (κ1) is 12.8. The van der Waals surface area contributed by atoms with E-state index in [1.54, 1.807) is 14.2 Å². The summed E-state index contributed by atoms with van der Waals surface area (Å²) in [6.07, 6.45) is 2.97. The van der Waals surface area contributed by atoms with Crippen LogP contribution < -0.4 is 5.73 Å². The highest BCUT2D eigenvalue weighted by atomic mass is 28.2. The maximum Gasteiger partial charge on any atom is 0.134 e. The van der Waals surface area contributed by atoms with Crippen LogP contribution in [0, 0.1) is 0 Å².